The van der Waals surface area contributed by atoms with Crippen molar-refractivity contribution in [1.29, 1.82) is 0 Å². The van der Waals surface area contributed by atoms with Crippen molar-refractivity contribution in [2.45, 2.75) is 25.7 Å². The van der Waals surface area contributed by atoms with E-state index in [1.807, 2.05) is 7.05 Å². The number of ether oxygens (including phenoxy) is 1. The third kappa shape index (κ3) is 2.69. The predicted octanol–water partition coefficient (Wildman–Crippen LogP) is 2.32. The Labute approximate surface area is 125 Å². The third-order valence-electron chi connectivity index (χ3n) is 5.05. The summed E-state index contributed by atoms with van der Waals surface area (Å²) < 4.78 is 4.84. The van der Waals surface area contributed by atoms with Crippen molar-refractivity contribution in [2.75, 3.05) is 31.3 Å². The van der Waals surface area contributed by atoms with Crippen molar-refractivity contribution in [3.63, 3.8) is 0 Å². The Morgan fingerprint density at radius 3 is 2.90 bits per heavy atom. The van der Waals surface area contributed by atoms with Crippen LogP contribution in [0.5, 0.6) is 0 Å². The van der Waals surface area contributed by atoms with Crippen LogP contribution in [0.3, 0.4) is 0 Å². The maximum absolute atomic E-state index is 11.9. The van der Waals surface area contributed by atoms with Crippen LogP contribution in [-0.2, 0) is 4.74 Å². The topological polar surface area (TPSA) is 68.5 Å². The first kappa shape index (κ1) is 14.2. The summed E-state index contributed by atoms with van der Waals surface area (Å²) in [5, 5.41) is 0. The van der Waals surface area contributed by atoms with Crippen LogP contribution in [0.1, 0.15) is 36.0 Å². The number of hydrogen-bond acceptors (Lipinski definition) is 5. The van der Waals surface area contributed by atoms with Crippen molar-refractivity contribution in [2.24, 2.45) is 17.8 Å². The standard InChI is InChI=1S/C16H23N3O2/c1-19(9-12-6-10-3-4-11(12)5-10)15-14(16(20)21-2)7-13(17)8-18-15/h7-8,10-12H,3-6,9,17H2,1-2H3. The summed E-state index contributed by atoms with van der Waals surface area (Å²) >= 11 is 0. The van der Waals surface area contributed by atoms with Gasteiger partial charge in [0.15, 0.2) is 0 Å². The summed E-state index contributed by atoms with van der Waals surface area (Å²) in [4.78, 5) is 18.3. The fraction of sp³-hybridized carbons (Fsp3) is 0.625. The van der Waals surface area contributed by atoms with Crippen LogP contribution >= 0.6 is 0 Å². The first-order chi connectivity index (χ1) is 10.1. The lowest BCUT2D eigenvalue weighted by Crippen LogP contribution is -2.30. The van der Waals surface area contributed by atoms with Crippen LogP contribution in [0.15, 0.2) is 12.3 Å². The minimum Gasteiger partial charge on any atom is -0.465 e. The molecule has 0 spiro atoms. The highest BCUT2D eigenvalue weighted by atomic mass is 16.5. The summed E-state index contributed by atoms with van der Waals surface area (Å²) in [5.41, 5.74) is 6.67. The molecular formula is C16H23N3O2. The first-order valence-corrected chi connectivity index (χ1v) is 7.63. The van der Waals surface area contributed by atoms with Crippen LogP contribution in [-0.4, -0.2) is 31.7 Å². The number of anilines is 2. The fourth-order valence-electron chi connectivity index (χ4n) is 4.08. The molecule has 2 aliphatic rings. The van der Waals surface area contributed by atoms with Crippen LogP contribution in [0, 0.1) is 17.8 Å². The maximum Gasteiger partial charge on any atom is 0.341 e. The quantitative estimate of drug-likeness (QED) is 0.862. The number of rotatable bonds is 4. The molecule has 0 aliphatic heterocycles. The average molecular weight is 289 g/mol. The van der Waals surface area contributed by atoms with Crippen LogP contribution in [0.2, 0.25) is 0 Å². The number of aromatic nitrogens is 1. The second kappa shape index (κ2) is 5.54. The van der Waals surface area contributed by atoms with Gasteiger partial charge in [0.05, 0.1) is 19.0 Å². The molecule has 0 amide bonds. The van der Waals surface area contributed by atoms with Crippen molar-refractivity contribution in [1.82, 2.24) is 4.98 Å². The molecule has 0 aromatic carbocycles. The Bertz CT molecular complexity index is 546. The molecule has 2 saturated carbocycles. The van der Waals surface area contributed by atoms with E-state index < -0.39 is 0 Å². The zero-order valence-corrected chi connectivity index (χ0v) is 12.7. The number of methoxy groups -OCH3 is 1. The number of esters is 1. The Morgan fingerprint density at radius 2 is 2.29 bits per heavy atom. The molecule has 3 rings (SSSR count). The van der Waals surface area contributed by atoms with E-state index in [2.05, 4.69) is 9.88 Å². The van der Waals surface area contributed by atoms with Gasteiger partial charge >= 0.3 is 5.97 Å². The molecule has 5 heteroatoms. The summed E-state index contributed by atoms with van der Waals surface area (Å²) in [6.07, 6.45) is 7.06. The molecular weight excluding hydrogens is 266 g/mol. The van der Waals surface area contributed by atoms with E-state index in [1.165, 1.54) is 32.8 Å². The molecule has 0 radical (unpaired) electrons. The van der Waals surface area contributed by atoms with Crippen molar-refractivity contribution < 1.29 is 9.53 Å². The highest BCUT2D eigenvalue weighted by Crippen LogP contribution is 2.48. The van der Waals surface area contributed by atoms with Crippen molar-refractivity contribution in [3.8, 4) is 0 Å². The number of nitrogen functional groups attached to an aromatic ring is 1. The van der Waals surface area contributed by atoms with Gasteiger partial charge in [-0.25, -0.2) is 9.78 Å². The lowest BCUT2D eigenvalue weighted by atomic mass is 9.88. The summed E-state index contributed by atoms with van der Waals surface area (Å²) in [6.45, 7) is 0.947. The highest BCUT2D eigenvalue weighted by Gasteiger charge is 2.40. The van der Waals surface area contributed by atoms with Gasteiger partial charge in [-0.05, 0) is 43.1 Å². The molecule has 2 N–H and O–H groups in total. The van der Waals surface area contributed by atoms with Crippen molar-refractivity contribution in [3.05, 3.63) is 17.8 Å². The zero-order chi connectivity index (χ0) is 15.0. The van der Waals surface area contributed by atoms with Gasteiger partial charge < -0.3 is 15.4 Å². The molecule has 1 heterocycles. The molecule has 1 aromatic heterocycles. The van der Waals surface area contributed by atoms with Gasteiger partial charge in [-0.1, -0.05) is 6.42 Å². The maximum atomic E-state index is 11.9. The minimum absolute atomic E-state index is 0.385. The molecule has 3 atom stereocenters. The normalized spacial score (nSPS) is 26.9. The lowest BCUT2D eigenvalue weighted by molar-refractivity contribution is 0.0601. The van der Waals surface area contributed by atoms with Gasteiger partial charge in [-0.2, -0.15) is 0 Å². The summed E-state index contributed by atoms with van der Waals surface area (Å²) in [5.74, 6) is 2.78. The van der Waals surface area contributed by atoms with Crippen molar-refractivity contribution >= 4 is 17.5 Å². The average Bonchev–Trinajstić information content (AvgIpc) is 3.08. The van der Waals surface area contributed by atoms with E-state index in [0.29, 0.717) is 17.1 Å². The Kier molecular flexibility index (Phi) is 3.74. The highest BCUT2D eigenvalue weighted by molar-refractivity contribution is 5.95. The summed E-state index contributed by atoms with van der Waals surface area (Å²) in [7, 11) is 3.38. The number of nitrogens with zero attached hydrogens (tertiary/aromatic N) is 2. The van der Waals surface area contributed by atoms with Crippen LogP contribution < -0.4 is 10.6 Å². The molecule has 3 unspecified atom stereocenters. The van der Waals surface area contributed by atoms with E-state index >= 15 is 0 Å². The lowest BCUT2D eigenvalue weighted by Gasteiger charge is -2.28. The Hall–Kier alpha value is -1.78. The molecule has 1 aromatic rings. The van der Waals surface area contributed by atoms with E-state index in [0.717, 1.165) is 24.3 Å². The van der Waals surface area contributed by atoms with Gasteiger partial charge in [-0.15, -0.1) is 0 Å². The molecule has 21 heavy (non-hydrogen) atoms. The van der Waals surface area contributed by atoms with E-state index in [9.17, 15) is 4.79 Å². The zero-order valence-electron chi connectivity index (χ0n) is 12.7. The van der Waals surface area contributed by atoms with E-state index in [1.54, 1.807) is 12.3 Å². The van der Waals surface area contributed by atoms with Gasteiger partial charge in [0.25, 0.3) is 0 Å². The number of carbonyl (C=O) groups excluding carboxylic acids is 1. The van der Waals surface area contributed by atoms with Gasteiger partial charge in [-0.3, -0.25) is 0 Å². The molecule has 114 valence electrons. The molecule has 2 aliphatic carbocycles. The number of carbonyl (C=O) groups is 1. The van der Waals surface area contributed by atoms with Gasteiger partial charge in [0.1, 0.15) is 11.4 Å². The Morgan fingerprint density at radius 1 is 1.48 bits per heavy atom. The second-order valence-electron chi connectivity index (χ2n) is 6.45. The van der Waals surface area contributed by atoms with Gasteiger partial charge in [0, 0.05) is 13.6 Å². The molecule has 5 nitrogen and oxygen atoms in total. The van der Waals surface area contributed by atoms with Gasteiger partial charge in [0.2, 0.25) is 0 Å². The number of nitrogens with two attached hydrogens (primary N) is 1. The monoisotopic (exact) mass is 289 g/mol. The largest absolute Gasteiger partial charge is 0.465 e. The number of fused-ring (bicyclic) bond motifs is 2. The van der Waals surface area contributed by atoms with E-state index in [4.69, 9.17) is 10.5 Å². The summed E-state index contributed by atoms with van der Waals surface area (Å²) in [6, 6.07) is 1.64. The van der Waals surface area contributed by atoms with Crippen LogP contribution in [0.25, 0.3) is 0 Å². The molecule has 2 fully saturated rings. The molecule has 0 saturated heterocycles. The number of pyridine rings is 1. The Balaban J connectivity index is 1.77. The number of hydrogen-bond donors (Lipinski definition) is 1. The predicted molar refractivity (Wildman–Crippen MR) is 82.2 cm³/mol. The van der Waals surface area contributed by atoms with E-state index in [-0.39, 0.29) is 5.97 Å². The smallest absolute Gasteiger partial charge is 0.341 e. The molecule has 2 bridgehead atoms. The SMILES string of the molecule is COC(=O)c1cc(N)cnc1N(C)CC1CC2CCC1C2. The second-order valence-corrected chi connectivity index (χ2v) is 6.45. The fourth-order valence-corrected chi connectivity index (χ4v) is 4.08. The third-order valence-corrected chi connectivity index (χ3v) is 5.05. The van der Waals surface area contributed by atoms with Crippen LogP contribution in [0.4, 0.5) is 11.5 Å². The first-order valence-electron chi connectivity index (χ1n) is 7.63. The minimum atomic E-state index is -0.385.